The highest BCUT2D eigenvalue weighted by Crippen LogP contribution is 2.41. The Morgan fingerprint density at radius 2 is 2.25 bits per heavy atom. The van der Waals surface area contributed by atoms with Crippen molar-refractivity contribution < 1.29 is 9.90 Å². The molecule has 3 rings (SSSR count). The molecule has 1 aliphatic rings. The molecule has 0 unspecified atom stereocenters. The molecule has 0 bridgehead atoms. The molecule has 1 N–H and O–H groups in total. The molecule has 0 amide bonds. The first-order valence-corrected chi connectivity index (χ1v) is 5.73. The first-order valence-electron chi connectivity index (χ1n) is 4.94. The third kappa shape index (κ3) is 1.33. The van der Waals surface area contributed by atoms with Gasteiger partial charge in [0.2, 0.25) is 0 Å². The van der Waals surface area contributed by atoms with Crippen LogP contribution in [-0.4, -0.2) is 25.7 Å². The Labute approximate surface area is 99.2 Å². The standard InChI is InChI=1S/C10H8BrN3O2/c11-7-4-13-14-8(10(15)16)6(5-1-2-5)3-12-9(7)14/h3-5H,1-2H2,(H,15,16). The number of carboxylic acids is 1. The SMILES string of the molecule is O=C(O)c1c(C2CC2)cnc2c(Br)cnn12. The Balaban J connectivity index is 2.35. The number of aromatic carboxylic acids is 1. The van der Waals surface area contributed by atoms with Gasteiger partial charge in [-0.05, 0) is 34.7 Å². The van der Waals surface area contributed by atoms with Crippen molar-refractivity contribution in [3.05, 3.63) is 28.1 Å². The highest BCUT2D eigenvalue weighted by Gasteiger charge is 2.30. The van der Waals surface area contributed by atoms with Gasteiger partial charge in [-0.1, -0.05) is 0 Å². The van der Waals surface area contributed by atoms with Gasteiger partial charge in [0.25, 0.3) is 0 Å². The molecule has 1 aliphatic carbocycles. The largest absolute Gasteiger partial charge is 0.476 e. The van der Waals surface area contributed by atoms with Gasteiger partial charge in [0.05, 0.1) is 10.7 Å². The number of nitrogens with zero attached hydrogens (tertiary/aromatic N) is 3. The van der Waals surface area contributed by atoms with E-state index in [0.717, 1.165) is 18.4 Å². The quantitative estimate of drug-likeness (QED) is 0.915. The second-order valence-electron chi connectivity index (χ2n) is 3.87. The first-order chi connectivity index (χ1) is 7.68. The van der Waals surface area contributed by atoms with Crippen LogP contribution in [0.5, 0.6) is 0 Å². The molecule has 16 heavy (non-hydrogen) atoms. The van der Waals surface area contributed by atoms with E-state index in [4.69, 9.17) is 0 Å². The van der Waals surface area contributed by atoms with E-state index in [1.54, 1.807) is 12.4 Å². The van der Waals surface area contributed by atoms with Crippen LogP contribution in [0.25, 0.3) is 5.65 Å². The molecule has 1 fully saturated rings. The van der Waals surface area contributed by atoms with Crippen molar-refractivity contribution in [2.45, 2.75) is 18.8 Å². The molecule has 0 aromatic carbocycles. The predicted molar refractivity (Wildman–Crippen MR) is 59.6 cm³/mol. The zero-order valence-corrected chi connectivity index (χ0v) is 9.81. The minimum absolute atomic E-state index is 0.234. The molecule has 0 atom stereocenters. The first kappa shape index (κ1) is 9.77. The van der Waals surface area contributed by atoms with E-state index < -0.39 is 5.97 Å². The fourth-order valence-electron chi connectivity index (χ4n) is 1.82. The molecule has 0 saturated heterocycles. The number of halogens is 1. The highest BCUT2D eigenvalue weighted by atomic mass is 79.9. The fourth-order valence-corrected chi connectivity index (χ4v) is 2.19. The Morgan fingerprint density at radius 1 is 1.50 bits per heavy atom. The lowest BCUT2D eigenvalue weighted by Crippen LogP contribution is -2.11. The maximum absolute atomic E-state index is 11.3. The van der Waals surface area contributed by atoms with E-state index in [1.807, 2.05) is 0 Å². The van der Waals surface area contributed by atoms with Gasteiger partial charge in [0.1, 0.15) is 0 Å². The van der Waals surface area contributed by atoms with Crippen LogP contribution in [0, 0.1) is 0 Å². The van der Waals surface area contributed by atoms with Gasteiger partial charge in [-0.3, -0.25) is 0 Å². The smallest absolute Gasteiger partial charge is 0.354 e. The lowest BCUT2D eigenvalue weighted by molar-refractivity contribution is 0.0685. The number of hydrogen-bond donors (Lipinski definition) is 1. The third-order valence-corrected chi connectivity index (χ3v) is 3.29. The number of rotatable bonds is 2. The topological polar surface area (TPSA) is 67.5 Å². The summed E-state index contributed by atoms with van der Waals surface area (Å²) in [7, 11) is 0. The summed E-state index contributed by atoms with van der Waals surface area (Å²) in [4.78, 5) is 15.5. The second kappa shape index (κ2) is 3.28. The minimum atomic E-state index is -0.954. The molecule has 2 heterocycles. The summed E-state index contributed by atoms with van der Waals surface area (Å²) in [6.07, 6.45) is 5.29. The molecule has 1 saturated carbocycles. The number of carbonyl (C=O) groups is 1. The molecule has 2 aromatic rings. The van der Waals surface area contributed by atoms with Crippen molar-refractivity contribution >= 4 is 27.5 Å². The van der Waals surface area contributed by atoms with Crippen molar-refractivity contribution in [3.63, 3.8) is 0 Å². The summed E-state index contributed by atoms with van der Waals surface area (Å²) in [6.45, 7) is 0. The molecule has 82 valence electrons. The predicted octanol–water partition coefficient (Wildman–Crippen LogP) is 2.07. The maximum Gasteiger partial charge on any atom is 0.354 e. The van der Waals surface area contributed by atoms with E-state index in [1.165, 1.54) is 4.52 Å². The molecular weight excluding hydrogens is 274 g/mol. The van der Waals surface area contributed by atoms with E-state index >= 15 is 0 Å². The highest BCUT2D eigenvalue weighted by molar-refractivity contribution is 9.10. The molecule has 0 radical (unpaired) electrons. The monoisotopic (exact) mass is 281 g/mol. The van der Waals surface area contributed by atoms with Crippen LogP contribution < -0.4 is 0 Å². The fraction of sp³-hybridized carbons (Fsp3) is 0.300. The van der Waals surface area contributed by atoms with Gasteiger partial charge >= 0.3 is 5.97 Å². The van der Waals surface area contributed by atoms with Gasteiger partial charge in [-0.15, -0.1) is 0 Å². The van der Waals surface area contributed by atoms with Crippen molar-refractivity contribution in [2.75, 3.05) is 0 Å². The van der Waals surface area contributed by atoms with Crippen molar-refractivity contribution in [3.8, 4) is 0 Å². The number of carboxylic acid groups (broad SMARTS) is 1. The Bertz CT molecular complexity index is 589. The van der Waals surface area contributed by atoms with E-state index in [0.29, 0.717) is 16.0 Å². The normalized spacial score (nSPS) is 15.6. The van der Waals surface area contributed by atoms with Crippen molar-refractivity contribution in [2.24, 2.45) is 0 Å². The van der Waals surface area contributed by atoms with Crippen LogP contribution in [0.15, 0.2) is 16.9 Å². The number of aromatic nitrogens is 3. The van der Waals surface area contributed by atoms with E-state index in [2.05, 4.69) is 26.0 Å². The Hall–Kier alpha value is -1.43. The Morgan fingerprint density at radius 3 is 2.88 bits per heavy atom. The van der Waals surface area contributed by atoms with Crippen molar-refractivity contribution in [1.29, 1.82) is 0 Å². The summed E-state index contributed by atoms with van der Waals surface area (Å²) in [5.74, 6) is -0.615. The molecule has 2 aromatic heterocycles. The van der Waals surface area contributed by atoms with Gasteiger partial charge in [-0.2, -0.15) is 5.10 Å². The summed E-state index contributed by atoms with van der Waals surface area (Å²) in [5, 5.41) is 13.3. The van der Waals surface area contributed by atoms with Crippen LogP contribution in [0.1, 0.15) is 34.8 Å². The minimum Gasteiger partial charge on any atom is -0.476 e. The van der Waals surface area contributed by atoms with Gasteiger partial charge in [0, 0.05) is 11.8 Å². The van der Waals surface area contributed by atoms with Gasteiger partial charge in [0.15, 0.2) is 11.3 Å². The zero-order valence-electron chi connectivity index (χ0n) is 8.22. The van der Waals surface area contributed by atoms with Gasteiger partial charge < -0.3 is 5.11 Å². The maximum atomic E-state index is 11.3. The third-order valence-electron chi connectivity index (χ3n) is 2.73. The van der Waals surface area contributed by atoms with E-state index in [-0.39, 0.29) is 5.69 Å². The van der Waals surface area contributed by atoms with Gasteiger partial charge in [-0.25, -0.2) is 14.3 Å². The average Bonchev–Trinajstić information content (AvgIpc) is 3.03. The molecule has 5 nitrogen and oxygen atoms in total. The number of fused-ring (bicyclic) bond motifs is 1. The van der Waals surface area contributed by atoms with Crippen LogP contribution in [0.2, 0.25) is 0 Å². The summed E-state index contributed by atoms with van der Waals surface area (Å²) < 4.78 is 2.09. The molecular formula is C10H8BrN3O2. The molecule has 0 aliphatic heterocycles. The zero-order chi connectivity index (χ0) is 11.3. The lowest BCUT2D eigenvalue weighted by atomic mass is 10.1. The average molecular weight is 282 g/mol. The second-order valence-corrected chi connectivity index (χ2v) is 4.72. The van der Waals surface area contributed by atoms with Crippen LogP contribution in [0.4, 0.5) is 0 Å². The van der Waals surface area contributed by atoms with Crippen LogP contribution >= 0.6 is 15.9 Å². The lowest BCUT2D eigenvalue weighted by Gasteiger charge is -2.05. The summed E-state index contributed by atoms with van der Waals surface area (Å²) in [5.41, 5.74) is 1.57. The van der Waals surface area contributed by atoms with E-state index in [9.17, 15) is 9.90 Å². The summed E-state index contributed by atoms with van der Waals surface area (Å²) in [6, 6.07) is 0. The van der Waals surface area contributed by atoms with Crippen LogP contribution in [-0.2, 0) is 0 Å². The van der Waals surface area contributed by atoms with Crippen molar-refractivity contribution in [1.82, 2.24) is 14.6 Å². The summed E-state index contributed by atoms with van der Waals surface area (Å²) >= 11 is 3.29. The number of hydrogen-bond acceptors (Lipinski definition) is 3. The van der Waals surface area contributed by atoms with Crippen LogP contribution in [0.3, 0.4) is 0 Å². The molecule has 0 spiro atoms. The molecule has 6 heteroatoms. The Kier molecular flexibility index (Phi) is 2.00.